The molecule has 1 aliphatic heterocycles. The third-order valence-corrected chi connectivity index (χ3v) is 7.73. The summed E-state index contributed by atoms with van der Waals surface area (Å²) in [4.78, 5) is 25.3. The smallest absolute Gasteiger partial charge is 0.253 e. The lowest BCUT2D eigenvalue weighted by Gasteiger charge is -2.42. The van der Waals surface area contributed by atoms with Crippen LogP contribution in [0, 0.1) is 38.4 Å². The monoisotopic (exact) mass is 539 g/mol. The molecular formula is C30H36F3N5O. The molecule has 1 saturated heterocycles. The number of piperidine rings is 1. The summed E-state index contributed by atoms with van der Waals surface area (Å²) in [6.07, 6.45) is 6.09. The van der Waals surface area contributed by atoms with Crippen molar-refractivity contribution in [1.29, 1.82) is 0 Å². The van der Waals surface area contributed by atoms with E-state index in [1.807, 2.05) is 19.2 Å². The number of anilines is 1. The van der Waals surface area contributed by atoms with Crippen LogP contribution in [-0.4, -0.2) is 52.5 Å². The number of carbonyl (C=O) groups excluding carboxylic acids is 1. The first kappa shape index (κ1) is 28.5. The second-order valence-electron chi connectivity index (χ2n) is 10.4. The van der Waals surface area contributed by atoms with E-state index in [0.717, 1.165) is 43.5 Å². The van der Waals surface area contributed by atoms with Gasteiger partial charge in [0.1, 0.15) is 0 Å². The lowest BCUT2D eigenvalue weighted by molar-refractivity contribution is 0.0943. The largest absolute Gasteiger partial charge is 0.364 e. The highest BCUT2D eigenvalue weighted by atomic mass is 19.2. The maximum absolute atomic E-state index is 14.2. The van der Waals surface area contributed by atoms with Crippen LogP contribution >= 0.6 is 0 Å². The molecule has 1 amide bonds. The van der Waals surface area contributed by atoms with E-state index in [4.69, 9.17) is 0 Å². The van der Waals surface area contributed by atoms with Gasteiger partial charge < -0.3 is 15.1 Å². The van der Waals surface area contributed by atoms with Gasteiger partial charge in [-0.05, 0) is 87.9 Å². The molecular weight excluding hydrogens is 503 g/mol. The number of nitrogens with zero attached hydrogens (tertiary/aromatic N) is 4. The van der Waals surface area contributed by atoms with E-state index in [0.29, 0.717) is 35.6 Å². The molecule has 1 N–H and O–H groups in total. The Labute approximate surface area is 228 Å². The van der Waals surface area contributed by atoms with Crippen LogP contribution in [0.15, 0.2) is 42.7 Å². The summed E-state index contributed by atoms with van der Waals surface area (Å²) in [5, 5.41) is 2.95. The molecule has 3 heterocycles. The minimum Gasteiger partial charge on any atom is -0.364 e. The molecule has 1 fully saturated rings. The van der Waals surface area contributed by atoms with E-state index in [9.17, 15) is 18.0 Å². The SMILES string of the molecule is Cc1ccncc1CN(c1ccc(F)c(F)c1)C1CCN([C@H](C)CCNC(=O)c2c(C)cc(F)nc2C)CC1. The molecule has 0 radical (unpaired) electrons. The Morgan fingerprint density at radius 2 is 1.82 bits per heavy atom. The number of aromatic nitrogens is 2. The van der Waals surface area contributed by atoms with E-state index in [-0.39, 0.29) is 18.0 Å². The minimum absolute atomic E-state index is 0.162. The Morgan fingerprint density at radius 3 is 2.49 bits per heavy atom. The van der Waals surface area contributed by atoms with Gasteiger partial charge in [0.15, 0.2) is 11.6 Å². The van der Waals surface area contributed by atoms with Gasteiger partial charge in [-0.25, -0.2) is 13.8 Å². The predicted octanol–water partition coefficient (Wildman–Crippen LogP) is 5.50. The normalized spacial score (nSPS) is 15.3. The zero-order valence-electron chi connectivity index (χ0n) is 23.0. The quantitative estimate of drug-likeness (QED) is 0.364. The van der Waals surface area contributed by atoms with E-state index in [1.165, 1.54) is 18.2 Å². The van der Waals surface area contributed by atoms with Crippen molar-refractivity contribution in [2.24, 2.45) is 0 Å². The van der Waals surface area contributed by atoms with Crippen molar-refractivity contribution in [1.82, 2.24) is 20.2 Å². The molecule has 4 rings (SSSR count). The van der Waals surface area contributed by atoms with Crippen LogP contribution < -0.4 is 10.2 Å². The average Bonchev–Trinajstić information content (AvgIpc) is 2.89. The van der Waals surface area contributed by atoms with Crippen molar-refractivity contribution in [2.75, 3.05) is 24.5 Å². The van der Waals surface area contributed by atoms with Crippen molar-refractivity contribution in [3.05, 3.63) is 88.3 Å². The summed E-state index contributed by atoms with van der Waals surface area (Å²) in [5.41, 5.74) is 4.19. The standard InChI is InChI=1S/C30H36F3N5O/c1-19-7-11-34-17-23(19)18-38(25-5-6-26(31)27(32)16-25)24-9-13-37(14-10-24)21(3)8-12-35-30(39)29-20(2)15-28(33)36-22(29)4/h5-7,11,15-17,21,24H,8-10,12-14,18H2,1-4H3,(H,35,39)/t21-/m1/s1. The molecule has 2 aromatic heterocycles. The number of halogens is 3. The van der Waals surface area contributed by atoms with Gasteiger partial charge in [-0.15, -0.1) is 0 Å². The third kappa shape index (κ3) is 6.95. The fraction of sp³-hybridized carbons (Fsp3) is 0.433. The van der Waals surface area contributed by atoms with Crippen LogP contribution in [0.5, 0.6) is 0 Å². The Kier molecular flexibility index (Phi) is 9.22. The molecule has 1 aromatic carbocycles. The fourth-order valence-corrected chi connectivity index (χ4v) is 5.37. The van der Waals surface area contributed by atoms with Crippen molar-refractivity contribution >= 4 is 11.6 Å². The Hall–Kier alpha value is -3.46. The van der Waals surface area contributed by atoms with Gasteiger partial charge >= 0.3 is 0 Å². The van der Waals surface area contributed by atoms with Gasteiger partial charge in [-0.2, -0.15) is 4.39 Å². The van der Waals surface area contributed by atoms with E-state index >= 15 is 0 Å². The Balaban J connectivity index is 1.35. The number of pyridine rings is 2. The van der Waals surface area contributed by atoms with Gasteiger partial charge in [0.25, 0.3) is 5.91 Å². The van der Waals surface area contributed by atoms with Crippen LogP contribution in [0.25, 0.3) is 0 Å². The van der Waals surface area contributed by atoms with Crippen molar-refractivity contribution in [3.8, 4) is 0 Å². The average molecular weight is 540 g/mol. The molecule has 9 heteroatoms. The molecule has 0 bridgehead atoms. The van der Waals surface area contributed by atoms with Crippen molar-refractivity contribution in [3.63, 3.8) is 0 Å². The number of rotatable bonds is 9. The number of nitrogens with one attached hydrogen (secondary N) is 1. The first-order valence-corrected chi connectivity index (χ1v) is 13.4. The van der Waals surface area contributed by atoms with Gasteiger partial charge in [0, 0.05) is 62.4 Å². The molecule has 0 aliphatic carbocycles. The fourth-order valence-electron chi connectivity index (χ4n) is 5.37. The lowest BCUT2D eigenvalue weighted by atomic mass is 9.99. The number of amides is 1. The van der Waals surface area contributed by atoms with Gasteiger partial charge in [-0.3, -0.25) is 9.78 Å². The number of likely N-dealkylation sites (tertiary alicyclic amines) is 1. The van der Waals surface area contributed by atoms with Crippen LogP contribution in [0.2, 0.25) is 0 Å². The predicted molar refractivity (Wildman–Crippen MR) is 146 cm³/mol. The molecule has 208 valence electrons. The summed E-state index contributed by atoms with van der Waals surface area (Å²) in [6.45, 7) is 10.3. The van der Waals surface area contributed by atoms with E-state index in [1.54, 1.807) is 26.1 Å². The summed E-state index contributed by atoms with van der Waals surface area (Å²) in [5.74, 6) is -2.53. The van der Waals surface area contributed by atoms with Gasteiger partial charge in [-0.1, -0.05) is 0 Å². The van der Waals surface area contributed by atoms with E-state index < -0.39 is 17.6 Å². The number of benzene rings is 1. The second kappa shape index (κ2) is 12.6. The molecule has 3 aromatic rings. The van der Waals surface area contributed by atoms with Crippen molar-refractivity contribution < 1.29 is 18.0 Å². The number of hydrogen-bond donors (Lipinski definition) is 1. The topological polar surface area (TPSA) is 61.4 Å². The van der Waals surface area contributed by atoms with Crippen LogP contribution in [0.4, 0.5) is 18.9 Å². The number of carbonyl (C=O) groups is 1. The molecule has 1 aliphatic rings. The van der Waals surface area contributed by atoms with Crippen LogP contribution in [0.1, 0.15) is 58.9 Å². The van der Waals surface area contributed by atoms with Crippen molar-refractivity contribution in [2.45, 2.75) is 65.6 Å². The maximum Gasteiger partial charge on any atom is 0.253 e. The molecule has 1 atom stereocenters. The van der Waals surface area contributed by atoms with Crippen LogP contribution in [-0.2, 0) is 6.54 Å². The minimum atomic E-state index is -0.854. The highest BCUT2D eigenvalue weighted by Gasteiger charge is 2.28. The summed E-state index contributed by atoms with van der Waals surface area (Å²) in [6, 6.07) is 7.74. The number of aryl methyl sites for hydroxylation is 3. The second-order valence-corrected chi connectivity index (χ2v) is 10.4. The summed E-state index contributed by atoms with van der Waals surface area (Å²) in [7, 11) is 0. The lowest BCUT2D eigenvalue weighted by Crippen LogP contribution is -2.48. The molecule has 0 spiro atoms. The third-order valence-electron chi connectivity index (χ3n) is 7.73. The zero-order chi connectivity index (χ0) is 28.1. The molecule has 39 heavy (non-hydrogen) atoms. The highest BCUT2D eigenvalue weighted by molar-refractivity contribution is 5.96. The van der Waals surface area contributed by atoms with E-state index in [2.05, 4.69) is 32.0 Å². The molecule has 0 saturated carbocycles. The zero-order valence-corrected chi connectivity index (χ0v) is 23.0. The molecule has 0 unspecified atom stereocenters. The van der Waals surface area contributed by atoms with Gasteiger partial charge in [0.2, 0.25) is 5.95 Å². The first-order chi connectivity index (χ1) is 18.6. The number of hydrogen-bond acceptors (Lipinski definition) is 5. The van der Waals surface area contributed by atoms with Crippen LogP contribution in [0.3, 0.4) is 0 Å². The maximum atomic E-state index is 14.2. The van der Waals surface area contributed by atoms with Gasteiger partial charge in [0.05, 0.1) is 11.3 Å². The Bertz CT molecular complexity index is 1290. The molecule has 6 nitrogen and oxygen atoms in total. The summed E-state index contributed by atoms with van der Waals surface area (Å²) < 4.78 is 41.3. The highest BCUT2D eigenvalue weighted by Crippen LogP contribution is 2.28. The first-order valence-electron chi connectivity index (χ1n) is 13.4. The summed E-state index contributed by atoms with van der Waals surface area (Å²) >= 11 is 0. The Morgan fingerprint density at radius 1 is 1.08 bits per heavy atom.